The van der Waals surface area contributed by atoms with Gasteiger partial charge in [0.25, 0.3) is 5.91 Å². The molecule has 18 heavy (non-hydrogen) atoms. The van der Waals surface area contributed by atoms with Crippen molar-refractivity contribution in [3.05, 3.63) is 23.0 Å². The molecule has 2 fully saturated rings. The van der Waals surface area contributed by atoms with E-state index in [4.69, 9.17) is 11.6 Å². The van der Waals surface area contributed by atoms with Crippen molar-refractivity contribution in [3.63, 3.8) is 0 Å². The fourth-order valence-electron chi connectivity index (χ4n) is 2.93. The summed E-state index contributed by atoms with van der Waals surface area (Å²) in [5.41, 5.74) is 0.329. The van der Waals surface area contributed by atoms with Crippen molar-refractivity contribution < 1.29 is 4.79 Å². The quantitative estimate of drug-likeness (QED) is 0.871. The summed E-state index contributed by atoms with van der Waals surface area (Å²) in [6, 6.07) is 3.94. The van der Waals surface area contributed by atoms with Gasteiger partial charge in [-0.2, -0.15) is 0 Å². The SMILES string of the molecule is O=C(NC1CCN2CCCC12)c1ccc(Cl)nn1. The van der Waals surface area contributed by atoms with Crippen LogP contribution < -0.4 is 5.32 Å². The van der Waals surface area contributed by atoms with E-state index in [0.717, 1.165) is 19.5 Å². The highest BCUT2D eigenvalue weighted by Crippen LogP contribution is 2.27. The summed E-state index contributed by atoms with van der Waals surface area (Å²) in [6.07, 6.45) is 3.44. The monoisotopic (exact) mass is 266 g/mol. The van der Waals surface area contributed by atoms with Crippen molar-refractivity contribution in [2.75, 3.05) is 13.1 Å². The maximum Gasteiger partial charge on any atom is 0.272 e. The highest BCUT2D eigenvalue weighted by molar-refractivity contribution is 6.29. The largest absolute Gasteiger partial charge is 0.346 e. The zero-order chi connectivity index (χ0) is 12.5. The van der Waals surface area contributed by atoms with E-state index in [9.17, 15) is 4.79 Å². The van der Waals surface area contributed by atoms with E-state index in [1.807, 2.05) is 0 Å². The van der Waals surface area contributed by atoms with Crippen LogP contribution in [-0.2, 0) is 0 Å². The Balaban J connectivity index is 1.66. The molecule has 0 aliphatic carbocycles. The number of hydrogen-bond acceptors (Lipinski definition) is 4. The van der Waals surface area contributed by atoms with E-state index in [2.05, 4.69) is 20.4 Å². The molecule has 2 unspecified atom stereocenters. The molecular formula is C12H15ClN4O. The van der Waals surface area contributed by atoms with Gasteiger partial charge in [-0.15, -0.1) is 10.2 Å². The number of carbonyl (C=O) groups is 1. The molecule has 0 aromatic carbocycles. The minimum absolute atomic E-state index is 0.155. The Morgan fingerprint density at radius 1 is 1.33 bits per heavy atom. The van der Waals surface area contributed by atoms with Crippen LogP contribution in [0.5, 0.6) is 0 Å². The van der Waals surface area contributed by atoms with Crippen LogP contribution >= 0.6 is 11.6 Å². The number of rotatable bonds is 2. The molecule has 6 heteroatoms. The molecule has 5 nitrogen and oxygen atoms in total. The van der Waals surface area contributed by atoms with Crippen molar-refractivity contribution in [2.24, 2.45) is 0 Å². The van der Waals surface area contributed by atoms with Crippen LogP contribution in [0.15, 0.2) is 12.1 Å². The van der Waals surface area contributed by atoms with Crippen LogP contribution in [0.3, 0.4) is 0 Å². The number of nitrogens with one attached hydrogen (secondary N) is 1. The molecule has 3 rings (SSSR count). The van der Waals surface area contributed by atoms with Gasteiger partial charge < -0.3 is 5.32 Å². The molecular weight excluding hydrogens is 252 g/mol. The molecule has 0 spiro atoms. The Bertz CT molecular complexity index is 450. The summed E-state index contributed by atoms with van der Waals surface area (Å²) >= 11 is 5.65. The fraction of sp³-hybridized carbons (Fsp3) is 0.583. The van der Waals surface area contributed by atoms with E-state index >= 15 is 0 Å². The van der Waals surface area contributed by atoms with E-state index in [0.29, 0.717) is 16.9 Å². The van der Waals surface area contributed by atoms with Crippen LogP contribution in [0.25, 0.3) is 0 Å². The lowest BCUT2D eigenvalue weighted by molar-refractivity contribution is 0.0923. The van der Waals surface area contributed by atoms with Gasteiger partial charge in [-0.05, 0) is 37.9 Å². The minimum Gasteiger partial charge on any atom is -0.346 e. The summed E-state index contributed by atoms with van der Waals surface area (Å²) in [6.45, 7) is 2.25. The maximum absolute atomic E-state index is 12.0. The lowest BCUT2D eigenvalue weighted by Gasteiger charge is -2.20. The Hall–Kier alpha value is -1.20. The zero-order valence-electron chi connectivity index (χ0n) is 9.97. The van der Waals surface area contributed by atoms with Crippen molar-refractivity contribution >= 4 is 17.5 Å². The van der Waals surface area contributed by atoms with Gasteiger partial charge in [0.2, 0.25) is 0 Å². The van der Waals surface area contributed by atoms with Crippen LogP contribution in [0.4, 0.5) is 0 Å². The molecule has 3 heterocycles. The number of aromatic nitrogens is 2. The van der Waals surface area contributed by atoms with Gasteiger partial charge >= 0.3 is 0 Å². The normalized spacial score (nSPS) is 27.2. The van der Waals surface area contributed by atoms with Crippen LogP contribution in [0, 0.1) is 0 Å². The number of nitrogens with zero attached hydrogens (tertiary/aromatic N) is 3. The predicted octanol–water partition coefficient (Wildman–Crippen LogP) is 1.10. The molecule has 2 aliphatic rings. The topological polar surface area (TPSA) is 58.1 Å². The summed E-state index contributed by atoms with van der Waals surface area (Å²) in [5, 5.41) is 10.8. The summed E-state index contributed by atoms with van der Waals surface area (Å²) < 4.78 is 0. The van der Waals surface area contributed by atoms with Gasteiger partial charge in [-0.25, -0.2) is 0 Å². The number of amides is 1. The van der Waals surface area contributed by atoms with Gasteiger partial charge in [0.15, 0.2) is 10.8 Å². The third-order valence-electron chi connectivity index (χ3n) is 3.79. The molecule has 1 N–H and O–H groups in total. The van der Waals surface area contributed by atoms with Crippen molar-refractivity contribution in [1.82, 2.24) is 20.4 Å². The Kier molecular flexibility index (Phi) is 3.18. The third kappa shape index (κ3) is 2.20. The van der Waals surface area contributed by atoms with Gasteiger partial charge in [-0.3, -0.25) is 9.69 Å². The minimum atomic E-state index is -0.155. The zero-order valence-corrected chi connectivity index (χ0v) is 10.7. The second-order valence-electron chi connectivity index (χ2n) is 4.86. The van der Waals surface area contributed by atoms with Crippen molar-refractivity contribution in [2.45, 2.75) is 31.3 Å². The molecule has 1 aromatic rings. The van der Waals surface area contributed by atoms with Gasteiger partial charge in [-0.1, -0.05) is 11.6 Å². The molecule has 96 valence electrons. The molecule has 1 aromatic heterocycles. The molecule has 1 amide bonds. The molecule has 2 atom stereocenters. The standard InChI is InChI=1S/C12H15ClN4O/c13-11-4-3-9(15-16-11)12(18)14-8-5-7-17-6-1-2-10(8)17/h3-4,8,10H,1-2,5-7H2,(H,14,18). The van der Waals surface area contributed by atoms with Gasteiger partial charge in [0.1, 0.15) is 0 Å². The molecule has 0 bridgehead atoms. The summed E-state index contributed by atoms with van der Waals surface area (Å²) in [4.78, 5) is 14.5. The van der Waals surface area contributed by atoms with Crippen molar-refractivity contribution in [1.29, 1.82) is 0 Å². The Labute approximate surface area is 111 Å². The Morgan fingerprint density at radius 3 is 3.00 bits per heavy atom. The number of fused-ring (bicyclic) bond motifs is 1. The first kappa shape index (κ1) is 11.9. The van der Waals surface area contributed by atoms with E-state index in [1.54, 1.807) is 12.1 Å². The predicted molar refractivity (Wildman–Crippen MR) is 67.5 cm³/mol. The van der Waals surface area contributed by atoms with Crippen LogP contribution in [0.1, 0.15) is 29.8 Å². The average Bonchev–Trinajstić information content (AvgIpc) is 2.95. The smallest absolute Gasteiger partial charge is 0.272 e. The third-order valence-corrected chi connectivity index (χ3v) is 3.99. The van der Waals surface area contributed by atoms with Gasteiger partial charge in [0.05, 0.1) is 0 Å². The van der Waals surface area contributed by atoms with E-state index in [-0.39, 0.29) is 11.9 Å². The summed E-state index contributed by atoms with van der Waals surface area (Å²) in [5.74, 6) is -0.155. The fourth-order valence-corrected chi connectivity index (χ4v) is 3.03. The van der Waals surface area contributed by atoms with Crippen LogP contribution in [0.2, 0.25) is 5.15 Å². The average molecular weight is 267 g/mol. The van der Waals surface area contributed by atoms with Crippen LogP contribution in [-0.4, -0.2) is 46.2 Å². The second kappa shape index (κ2) is 4.82. The van der Waals surface area contributed by atoms with Crippen molar-refractivity contribution in [3.8, 4) is 0 Å². The first-order valence-corrected chi connectivity index (χ1v) is 6.66. The maximum atomic E-state index is 12.0. The highest BCUT2D eigenvalue weighted by Gasteiger charge is 2.37. The molecule has 2 aliphatic heterocycles. The second-order valence-corrected chi connectivity index (χ2v) is 5.24. The molecule has 0 saturated carbocycles. The van der Waals surface area contributed by atoms with E-state index < -0.39 is 0 Å². The molecule has 2 saturated heterocycles. The highest BCUT2D eigenvalue weighted by atomic mass is 35.5. The van der Waals surface area contributed by atoms with E-state index in [1.165, 1.54) is 12.8 Å². The summed E-state index contributed by atoms with van der Waals surface area (Å²) in [7, 11) is 0. The van der Waals surface area contributed by atoms with Gasteiger partial charge in [0, 0.05) is 18.6 Å². The first-order valence-electron chi connectivity index (χ1n) is 6.28. The lowest BCUT2D eigenvalue weighted by atomic mass is 10.1. The first-order chi connectivity index (χ1) is 8.74. The number of hydrogen-bond donors (Lipinski definition) is 1. The number of carbonyl (C=O) groups excluding carboxylic acids is 1. The lowest BCUT2D eigenvalue weighted by Crippen LogP contribution is -2.42. The number of halogens is 1. The Morgan fingerprint density at radius 2 is 2.22 bits per heavy atom. The molecule has 0 radical (unpaired) electrons.